The molecule has 164 valence electrons. The van der Waals surface area contributed by atoms with Gasteiger partial charge in [0.1, 0.15) is 4.67 Å². The monoisotopic (exact) mass is 421 g/mol. The molecule has 1 heterocycles. The van der Waals surface area contributed by atoms with Gasteiger partial charge in [0.05, 0.1) is 5.41 Å². The van der Waals surface area contributed by atoms with Crippen molar-refractivity contribution in [1.82, 2.24) is 9.27 Å². The molecular formula is C23H39N3O2S. The summed E-state index contributed by atoms with van der Waals surface area (Å²) in [7, 11) is 0. The molecule has 0 unspecified atom stereocenters. The fourth-order valence-electron chi connectivity index (χ4n) is 4.21. The standard InChI is InChI=1S/C23H39N3O2S/c1-9-11-12-16-15-26(21(3,4)5)29-19(16)25-18(27)17-13-14-23(8,22(17,6)7)20(28)24-10-2/h15,17H,9-14H2,1-8H3,(H,24,28)/b25-19-/t17-,23+/m1/s1. The van der Waals surface area contributed by atoms with Gasteiger partial charge in [-0.25, -0.2) is 4.99 Å². The minimum absolute atomic E-state index is 0.0358. The molecule has 2 amide bonds. The SMILES string of the molecule is CCCCc1cn(C(C)(C)C)s/c1=N\C(=O)[C@H]1CC[C@@](C)(C(=O)NCC)C1(C)C. The van der Waals surface area contributed by atoms with Crippen LogP contribution in [0.25, 0.3) is 0 Å². The Morgan fingerprint density at radius 3 is 2.48 bits per heavy atom. The number of hydrogen-bond donors (Lipinski definition) is 1. The average Bonchev–Trinajstić information content (AvgIpc) is 3.12. The van der Waals surface area contributed by atoms with Crippen molar-refractivity contribution in [3.63, 3.8) is 0 Å². The third kappa shape index (κ3) is 4.68. The van der Waals surface area contributed by atoms with Crippen LogP contribution in [0.15, 0.2) is 11.2 Å². The number of aromatic nitrogens is 1. The van der Waals surface area contributed by atoms with E-state index in [1.54, 1.807) is 11.5 Å². The molecule has 0 spiro atoms. The number of nitrogens with one attached hydrogen (secondary N) is 1. The van der Waals surface area contributed by atoms with Crippen LogP contribution >= 0.6 is 11.5 Å². The molecule has 0 bridgehead atoms. The van der Waals surface area contributed by atoms with E-state index in [2.05, 4.69) is 62.0 Å². The molecule has 0 aliphatic heterocycles. The van der Waals surface area contributed by atoms with E-state index in [1.165, 1.54) is 0 Å². The van der Waals surface area contributed by atoms with Crippen LogP contribution in [-0.4, -0.2) is 22.3 Å². The lowest BCUT2D eigenvalue weighted by Gasteiger charge is -2.39. The third-order valence-corrected chi connectivity index (χ3v) is 8.14. The van der Waals surface area contributed by atoms with Crippen molar-refractivity contribution in [2.24, 2.45) is 21.7 Å². The van der Waals surface area contributed by atoms with E-state index in [4.69, 9.17) is 0 Å². The second-order valence-corrected chi connectivity index (χ2v) is 11.1. The van der Waals surface area contributed by atoms with Crippen LogP contribution in [0.3, 0.4) is 0 Å². The fraction of sp³-hybridized carbons (Fsp3) is 0.783. The van der Waals surface area contributed by atoms with Crippen molar-refractivity contribution in [1.29, 1.82) is 0 Å². The normalized spacial score (nSPS) is 24.7. The molecule has 1 aliphatic carbocycles. The summed E-state index contributed by atoms with van der Waals surface area (Å²) in [4.78, 5) is 30.6. The van der Waals surface area contributed by atoms with Crippen molar-refractivity contribution in [2.45, 2.75) is 93.0 Å². The van der Waals surface area contributed by atoms with Gasteiger partial charge in [-0.1, -0.05) is 34.1 Å². The van der Waals surface area contributed by atoms with E-state index in [0.717, 1.165) is 29.5 Å². The largest absolute Gasteiger partial charge is 0.356 e. The van der Waals surface area contributed by atoms with Gasteiger partial charge in [-0.3, -0.25) is 13.5 Å². The van der Waals surface area contributed by atoms with E-state index in [0.29, 0.717) is 19.4 Å². The van der Waals surface area contributed by atoms with Gasteiger partial charge in [-0.2, -0.15) is 0 Å². The van der Waals surface area contributed by atoms with Crippen molar-refractivity contribution in [3.8, 4) is 0 Å². The maximum Gasteiger partial charge on any atom is 0.250 e. The maximum atomic E-state index is 13.3. The van der Waals surface area contributed by atoms with E-state index >= 15 is 0 Å². The number of nitrogens with zero attached hydrogens (tertiary/aromatic N) is 2. The summed E-state index contributed by atoms with van der Waals surface area (Å²) >= 11 is 1.57. The molecule has 2 rings (SSSR count). The highest BCUT2D eigenvalue weighted by Gasteiger charge is 2.57. The Bertz CT molecular complexity index is 813. The Hall–Kier alpha value is -1.43. The summed E-state index contributed by atoms with van der Waals surface area (Å²) in [5, 5.41) is 2.96. The highest BCUT2D eigenvalue weighted by Crippen LogP contribution is 2.56. The minimum atomic E-state index is -0.551. The molecule has 6 heteroatoms. The second kappa shape index (κ2) is 8.75. The predicted molar refractivity (Wildman–Crippen MR) is 120 cm³/mol. The van der Waals surface area contributed by atoms with Gasteiger partial charge in [0, 0.05) is 29.8 Å². The van der Waals surface area contributed by atoms with E-state index < -0.39 is 10.8 Å². The second-order valence-electron chi connectivity index (χ2n) is 10.1. The summed E-state index contributed by atoms with van der Waals surface area (Å²) in [5.41, 5.74) is 0.131. The quantitative estimate of drug-likeness (QED) is 0.726. The highest BCUT2D eigenvalue weighted by atomic mass is 32.1. The topological polar surface area (TPSA) is 63.5 Å². The zero-order chi connectivity index (χ0) is 22.0. The summed E-state index contributed by atoms with van der Waals surface area (Å²) in [5.74, 6) is -0.270. The molecule has 29 heavy (non-hydrogen) atoms. The Kier molecular flexibility index (Phi) is 7.19. The van der Waals surface area contributed by atoms with Crippen LogP contribution in [0.2, 0.25) is 0 Å². The fourth-order valence-corrected chi connectivity index (χ4v) is 5.25. The van der Waals surface area contributed by atoms with Crippen LogP contribution in [0.5, 0.6) is 0 Å². The van der Waals surface area contributed by atoms with Crippen LogP contribution in [-0.2, 0) is 21.5 Å². The first kappa shape index (κ1) is 23.8. The number of rotatable bonds is 6. The molecule has 1 aliphatic rings. The lowest BCUT2D eigenvalue weighted by molar-refractivity contribution is -0.138. The zero-order valence-corrected chi connectivity index (χ0v) is 20.3. The molecular weight excluding hydrogens is 382 g/mol. The first-order valence-electron chi connectivity index (χ1n) is 11.0. The Balaban J connectivity index is 2.39. The summed E-state index contributed by atoms with van der Waals surface area (Å²) in [6, 6.07) is 0. The molecule has 1 N–H and O–H groups in total. The van der Waals surface area contributed by atoms with Gasteiger partial charge in [-0.05, 0) is 70.3 Å². The van der Waals surface area contributed by atoms with Crippen molar-refractivity contribution < 1.29 is 9.59 Å². The van der Waals surface area contributed by atoms with Gasteiger partial charge >= 0.3 is 0 Å². The predicted octanol–water partition coefficient (Wildman–Crippen LogP) is 4.65. The lowest BCUT2D eigenvalue weighted by Crippen LogP contribution is -2.48. The van der Waals surface area contributed by atoms with Gasteiger partial charge in [0.15, 0.2) is 0 Å². The lowest BCUT2D eigenvalue weighted by atomic mass is 9.65. The van der Waals surface area contributed by atoms with Crippen LogP contribution in [0.1, 0.15) is 86.6 Å². The first-order chi connectivity index (χ1) is 13.4. The summed E-state index contributed by atoms with van der Waals surface area (Å²) in [6.07, 6.45) is 6.71. The molecule has 0 radical (unpaired) electrons. The molecule has 1 fully saturated rings. The number of hydrogen-bond acceptors (Lipinski definition) is 3. The zero-order valence-electron chi connectivity index (χ0n) is 19.5. The van der Waals surface area contributed by atoms with Crippen molar-refractivity contribution >= 4 is 23.3 Å². The molecule has 0 saturated heterocycles. The van der Waals surface area contributed by atoms with E-state index in [1.807, 2.05) is 13.8 Å². The number of unbranched alkanes of at least 4 members (excludes halogenated alkanes) is 1. The molecule has 5 nitrogen and oxygen atoms in total. The third-order valence-electron chi connectivity index (χ3n) is 6.77. The van der Waals surface area contributed by atoms with Crippen molar-refractivity contribution in [3.05, 3.63) is 16.4 Å². The number of carbonyl (C=O) groups is 2. The van der Waals surface area contributed by atoms with E-state index in [9.17, 15) is 9.59 Å². The van der Waals surface area contributed by atoms with Crippen LogP contribution in [0.4, 0.5) is 0 Å². The molecule has 1 saturated carbocycles. The molecule has 1 aromatic rings. The summed E-state index contributed by atoms with van der Waals surface area (Å²) in [6.45, 7) is 17.3. The van der Waals surface area contributed by atoms with E-state index in [-0.39, 0.29) is 23.3 Å². The molecule has 1 aromatic heterocycles. The van der Waals surface area contributed by atoms with Gasteiger partial charge in [0.25, 0.3) is 5.91 Å². The first-order valence-corrected chi connectivity index (χ1v) is 11.7. The number of carbonyl (C=O) groups excluding carboxylic acids is 2. The van der Waals surface area contributed by atoms with Crippen LogP contribution < -0.4 is 9.99 Å². The summed E-state index contributed by atoms with van der Waals surface area (Å²) < 4.78 is 3.03. The van der Waals surface area contributed by atoms with Crippen LogP contribution in [0, 0.1) is 16.7 Å². The van der Waals surface area contributed by atoms with Crippen molar-refractivity contribution in [2.75, 3.05) is 6.54 Å². The van der Waals surface area contributed by atoms with Gasteiger partial charge < -0.3 is 5.32 Å². The number of aryl methyl sites for hydroxylation is 1. The number of amides is 2. The van der Waals surface area contributed by atoms with Gasteiger partial charge in [-0.15, -0.1) is 0 Å². The average molecular weight is 422 g/mol. The maximum absolute atomic E-state index is 13.3. The minimum Gasteiger partial charge on any atom is -0.356 e. The Morgan fingerprint density at radius 1 is 1.28 bits per heavy atom. The molecule has 0 aromatic carbocycles. The smallest absolute Gasteiger partial charge is 0.250 e. The Labute approximate surface area is 180 Å². The van der Waals surface area contributed by atoms with Gasteiger partial charge in [0.2, 0.25) is 5.91 Å². The molecule has 2 atom stereocenters. The Morgan fingerprint density at radius 2 is 1.93 bits per heavy atom. The highest BCUT2D eigenvalue weighted by molar-refractivity contribution is 7.04.